The fourth-order valence-electron chi connectivity index (χ4n) is 4.50. The Morgan fingerprint density at radius 3 is 2.27 bits per heavy atom. The second kappa shape index (κ2) is 11.7. The van der Waals surface area contributed by atoms with Gasteiger partial charge in [0.05, 0.1) is 16.1 Å². The largest absolute Gasteiger partial charge is 0.459 e. The Hall–Kier alpha value is -2.99. The minimum absolute atomic E-state index is 0.140. The quantitative estimate of drug-likeness (QED) is 0.235. The van der Waals surface area contributed by atoms with E-state index in [-0.39, 0.29) is 20.6 Å². The molecule has 3 heterocycles. The van der Waals surface area contributed by atoms with Crippen LogP contribution in [0.25, 0.3) is 16.7 Å². The molecule has 9 nitrogen and oxygen atoms in total. The lowest BCUT2D eigenvalue weighted by Crippen LogP contribution is -2.39. The number of rotatable bonds is 7. The van der Waals surface area contributed by atoms with Crippen molar-refractivity contribution in [3.05, 3.63) is 70.8 Å². The van der Waals surface area contributed by atoms with Crippen molar-refractivity contribution in [1.82, 2.24) is 14.8 Å². The molecule has 1 aliphatic heterocycles. The number of thioether (sulfide) groups is 1. The third-order valence-electron chi connectivity index (χ3n) is 6.30. The molecule has 0 amide bonds. The van der Waals surface area contributed by atoms with Gasteiger partial charge in [-0.05, 0) is 75.4 Å². The van der Waals surface area contributed by atoms with Crippen LogP contribution in [0.15, 0.2) is 65.7 Å². The summed E-state index contributed by atoms with van der Waals surface area (Å²) in [6.45, 7) is 6.50. The molecule has 1 fully saturated rings. The van der Waals surface area contributed by atoms with Crippen LogP contribution in [0.3, 0.4) is 0 Å². The van der Waals surface area contributed by atoms with E-state index in [1.165, 1.54) is 18.2 Å². The van der Waals surface area contributed by atoms with Crippen LogP contribution in [0.5, 0.6) is 0 Å². The second-order valence-corrected chi connectivity index (χ2v) is 14.4. The van der Waals surface area contributed by atoms with Gasteiger partial charge in [-0.3, -0.25) is 13.7 Å². The van der Waals surface area contributed by atoms with E-state index in [1.807, 2.05) is 40.7 Å². The van der Waals surface area contributed by atoms with Crippen molar-refractivity contribution in [2.24, 2.45) is 0 Å². The number of halogens is 2. The number of esters is 1. The number of sulfonamides is 1. The number of anilines is 2. The van der Waals surface area contributed by atoms with Gasteiger partial charge >= 0.3 is 5.97 Å². The van der Waals surface area contributed by atoms with Crippen molar-refractivity contribution in [2.45, 2.75) is 31.3 Å². The molecule has 13 heteroatoms. The minimum atomic E-state index is -4.25. The molecule has 0 atom stereocenters. The molecule has 1 aliphatic rings. The Labute approximate surface area is 253 Å². The Bertz CT molecular complexity index is 1660. The van der Waals surface area contributed by atoms with Crippen LogP contribution < -0.4 is 9.21 Å². The van der Waals surface area contributed by atoms with Crippen molar-refractivity contribution < 1.29 is 17.9 Å². The highest BCUT2D eigenvalue weighted by Gasteiger charge is 2.30. The smallest absolute Gasteiger partial charge is 0.327 e. The van der Waals surface area contributed by atoms with Gasteiger partial charge in [0.25, 0.3) is 10.0 Å². The van der Waals surface area contributed by atoms with E-state index < -0.39 is 28.1 Å². The maximum absolute atomic E-state index is 13.8. The van der Waals surface area contributed by atoms with Crippen LogP contribution in [0.2, 0.25) is 10.0 Å². The van der Waals surface area contributed by atoms with Crippen LogP contribution in [0.1, 0.15) is 20.8 Å². The zero-order chi connectivity index (χ0) is 29.4. The maximum atomic E-state index is 13.8. The van der Waals surface area contributed by atoms with E-state index in [1.54, 1.807) is 39.0 Å². The number of carbonyl (C=O) groups excluding carboxylic acids is 1. The molecule has 4 aromatic rings. The molecule has 216 valence electrons. The first-order chi connectivity index (χ1) is 19.4. The van der Waals surface area contributed by atoms with Gasteiger partial charge in [0.1, 0.15) is 12.1 Å². The fourth-order valence-corrected chi connectivity index (χ4v) is 7.53. The number of aromatic nitrogens is 3. The summed E-state index contributed by atoms with van der Waals surface area (Å²) in [5, 5.41) is 9.95. The summed E-state index contributed by atoms with van der Waals surface area (Å²) in [5.74, 6) is 2.92. The average molecular weight is 635 g/mol. The lowest BCUT2D eigenvalue weighted by Gasteiger charge is -2.27. The summed E-state index contributed by atoms with van der Waals surface area (Å²) in [6.07, 6.45) is 1.85. The van der Waals surface area contributed by atoms with Gasteiger partial charge < -0.3 is 9.64 Å². The summed E-state index contributed by atoms with van der Waals surface area (Å²) in [5.41, 5.74) is 0.281. The number of fused-ring (bicyclic) bond motifs is 1. The van der Waals surface area contributed by atoms with Crippen LogP contribution in [-0.2, 0) is 19.6 Å². The molecule has 1 saturated heterocycles. The van der Waals surface area contributed by atoms with Gasteiger partial charge in [-0.1, -0.05) is 23.2 Å². The predicted molar refractivity (Wildman–Crippen MR) is 165 cm³/mol. The highest BCUT2D eigenvalue weighted by molar-refractivity contribution is 7.99. The van der Waals surface area contributed by atoms with E-state index in [0.29, 0.717) is 5.82 Å². The Morgan fingerprint density at radius 1 is 0.976 bits per heavy atom. The molecule has 0 bridgehead atoms. The second-order valence-electron chi connectivity index (χ2n) is 10.5. The van der Waals surface area contributed by atoms with Gasteiger partial charge in [-0.2, -0.15) is 11.8 Å². The molecule has 0 radical (unpaired) electrons. The SMILES string of the molecule is CC(C)(C)OC(=O)CN(c1ccc2c(ccn2-c2ccc(N3CCSCC3)nn2)c1)S(=O)(=O)c1cc(Cl)cc(Cl)c1. The van der Waals surface area contributed by atoms with Crippen molar-refractivity contribution >= 4 is 73.4 Å². The van der Waals surface area contributed by atoms with E-state index in [2.05, 4.69) is 15.1 Å². The number of hydrogen-bond donors (Lipinski definition) is 0. The molecule has 0 spiro atoms. The summed E-state index contributed by atoms with van der Waals surface area (Å²) in [6, 6.07) is 14.9. The summed E-state index contributed by atoms with van der Waals surface area (Å²) < 4.78 is 36.0. The lowest BCUT2D eigenvalue weighted by atomic mass is 10.2. The molecule has 41 heavy (non-hydrogen) atoms. The van der Waals surface area contributed by atoms with Crippen LogP contribution in [0.4, 0.5) is 11.5 Å². The zero-order valence-corrected chi connectivity index (χ0v) is 25.9. The van der Waals surface area contributed by atoms with Crippen molar-refractivity contribution in [3.8, 4) is 5.82 Å². The summed E-state index contributed by atoms with van der Waals surface area (Å²) in [7, 11) is -4.25. The van der Waals surface area contributed by atoms with Crippen LogP contribution in [-0.4, -0.2) is 65.9 Å². The number of nitrogens with zero attached hydrogens (tertiary/aromatic N) is 5. The first-order valence-corrected chi connectivity index (χ1v) is 16.2. The van der Waals surface area contributed by atoms with Gasteiger partial charge in [0.2, 0.25) is 0 Å². The van der Waals surface area contributed by atoms with E-state index in [9.17, 15) is 13.2 Å². The number of benzene rings is 2. The predicted octanol–water partition coefficient (Wildman–Crippen LogP) is 5.82. The number of carbonyl (C=O) groups is 1. The molecule has 0 N–H and O–H groups in total. The molecule has 2 aromatic heterocycles. The standard InChI is InChI=1S/C28H29Cl2N5O4S2/c1-28(2,3)39-27(36)18-35(41(37,38)23-16-20(29)15-21(30)17-23)22-4-5-24-19(14-22)8-9-34(24)26-7-6-25(31-32-26)33-10-12-40-13-11-33/h4-9,14-17H,10-13,18H2,1-3H3. The third-order valence-corrected chi connectivity index (χ3v) is 9.43. The number of hydrogen-bond acceptors (Lipinski definition) is 8. The Balaban J connectivity index is 1.50. The molecule has 0 unspecified atom stereocenters. The Kier molecular flexibility index (Phi) is 8.43. The third kappa shape index (κ3) is 6.74. The Morgan fingerprint density at radius 2 is 1.63 bits per heavy atom. The monoisotopic (exact) mass is 633 g/mol. The fraction of sp³-hybridized carbons (Fsp3) is 0.321. The topological polar surface area (TPSA) is 97.6 Å². The normalized spacial score (nSPS) is 14.3. The first kappa shape index (κ1) is 29.5. The molecule has 0 aliphatic carbocycles. The lowest BCUT2D eigenvalue weighted by molar-refractivity contribution is -0.152. The highest BCUT2D eigenvalue weighted by Crippen LogP contribution is 2.31. The summed E-state index contributed by atoms with van der Waals surface area (Å²) in [4.78, 5) is 14.9. The van der Waals surface area contributed by atoms with E-state index in [4.69, 9.17) is 27.9 Å². The van der Waals surface area contributed by atoms with Crippen LogP contribution in [0, 0.1) is 0 Å². The zero-order valence-electron chi connectivity index (χ0n) is 22.8. The van der Waals surface area contributed by atoms with Crippen molar-refractivity contribution in [2.75, 3.05) is 40.3 Å². The molecular formula is C28H29Cl2N5O4S2. The van der Waals surface area contributed by atoms with Gasteiger partial charge in [0, 0.05) is 46.2 Å². The molecular weight excluding hydrogens is 605 g/mol. The molecule has 0 saturated carbocycles. The molecule has 2 aromatic carbocycles. The van der Waals surface area contributed by atoms with Gasteiger partial charge in [-0.15, -0.1) is 10.2 Å². The van der Waals surface area contributed by atoms with Gasteiger partial charge in [-0.25, -0.2) is 8.42 Å². The van der Waals surface area contributed by atoms with Gasteiger partial charge in [0.15, 0.2) is 11.6 Å². The van der Waals surface area contributed by atoms with Crippen LogP contribution >= 0.6 is 35.0 Å². The highest BCUT2D eigenvalue weighted by atomic mass is 35.5. The van der Waals surface area contributed by atoms with E-state index >= 15 is 0 Å². The summed E-state index contributed by atoms with van der Waals surface area (Å²) >= 11 is 14.2. The molecule has 5 rings (SSSR count). The van der Waals surface area contributed by atoms with E-state index in [0.717, 1.165) is 45.6 Å². The maximum Gasteiger partial charge on any atom is 0.327 e. The average Bonchev–Trinajstić information content (AvgIpc) is 3.34. The number of ether oxygens (including phenoxy) is 1. The first-order valence-electron chi connectivity index (χ1n) is 12.9. The van der Waals surface area contributed by atoms with Crippen molar-refractivity contribution in [1.29, 1.82) is 0 Å². The minimum Gasteiger partial charge on any atom is -0.459 e. The van der Waals surface area contributed by atoms with Crippen molar-refractivity contribution in [3.63, 3.8) is 0 Å².